The lowest BCUT2D eigenvalue weighted by molar-refractivity contribution is -0.137. The third-order valence-electron chi connectivity index (χ3n) is 2.66. The number of pyridine rings is 1. The van der Waals surface area contributed by atoms with Gasteiger partial charge in [0.25, 0.3) is 0 Å². The van der Waals surface area contributed by atoms with Crippen molar-refractivity contribution in [3.8, 4) is 0 Å². The summed E-state index contributed by atoms with van der Waals surface area (Å²) < 4.78 is 37.4. The summed E-state index contributed by atoms with van der Waals surface area (Å²) in [5, 5.41) is -0.397. The highest BCUT2D eigenvalue weighted by molar-refractivity contribution is 8.00. The molecule has 0 bridgehead atoms. The minimum Gasteiger partial charge on any atom is -0.368 e. The first kappa shape index (κ1) is 15.4. The number of primary amides is 1. The molecule has 0 aliphatic carbocycles. The molecule has 7 heteroatoms. The SMILES string of the molecule is NC(=O)[C@H](Sc1ccc(C(F)(F)F)cn1)c1ccccc1. The quantitative estimate of drug-likeness (QED) is 0.880. The molecule has 2 N–H and O–H groups in total. The standard InChI is InChI=1S/C14H11F3N2OS/c15-14(16,17)10-6-7-11(19-8-10)21-12(13(18)20)9-4-2-1-3-5-9/h1-8,12H,(H2,18,20)/t12-/m1/s1. The number of hydrogen-bond acceptors (Lipinski definition) is 3. The smallest absolute Gasteiger partial charge is 0.368 e. The lowest BCUT2D eigenvalue weighted by atomic mass is 10.1. The molecule has 1 heterocycles. The molecule has 1 aromatic carbocycles. The minimum atomic E-state index is -4.43. The maximum atomic E-state index is 12.5. The van der Waals surface area contributed by atoms with Crippen LogP contribution in [0.2, 0.25) is 0 Å². The average molecular weight is 312 g/mol. The van der Waals surface area contributed by atoms with Crippen molar-refractivity contribution in [1.82, 2.24) is 4.98 Å². The average Bonchev–Trinajstić information content (AvgIpc) is 2.45. The van der Waals surface area contributed by atoms with Gasteiger partial charge in [-0.1, -0.05) is 42.1 Å². The molecule has 0 fully saturated rings. The highest BCUT2D eigenvalue weighted by Gasteiger charge is 2.31. The molecule has 0 saturated heterocycles. The van der Waals surface area contributed by atoms with E-state index in [9.17, 15) is 18.0 Å². The summed E-state index contributed by atoms with van der Waals surface area (Å²) in [5.41, 5.74) is 5.19. The van der Waals surface area contributed by atoms with Crippen LogP contribution in [0.25, 0.3) is 0 Å². The molecule has 0 spiro atoms. The van der Waals surface area contributed by atoms with Crippen LogP contribution >= 0.6 is 11.8 Å². The molecule has 0 unspecified atom stereocenters. The Hall–Kier alpha value is -2.02. The van der Waals surface area contributed by atoms with E-state index in [1.54, 1.807) is 30.3 Å². The summed E-state index contributed by atoms with van der Waals surface area (Å²) in [6.45, 7) is 0. The van der Waals surface area contributed by atoms with Crippen molar-refractivity contribution >= 4 is 17.7 Å². The second kappa shape index (κ2) is 6.17. The fourth-order valence-electron chi connectivity index (χ4n) is 1.66. The Kier molecular flexibility index (Phi) is 4.52. The molecule has 1 aromatic heterocycles. The van der Waals surface area contributed by atoms with Gasteiger partial charge in [-0.25, -0.2) is 4.98 Å². The molecule has 1 amide bonds. The first-order valence-corrected chi connectivity index (χ1v) is 6.80. The Balaban J connectivity index is 2.20. The number of benzene rings is 1. The normalized spacial score (nSPS) is 12.9. The lowest BCUT2D eigenvalue weighted by Crippen LogP contribution is -2.19. The highest BCUT2D eigenvalue weighted by atomic mass is 32.2. The second-order valence-corrected chi connectivity index (χ2v) is 5.32. The van der Waals surface area contributed by atoms with Gasteiger partial charge in [0.05, 0.1) is 10.6 Å². The van der Waals surface area contributed by atoms with Crippen LogP contribution in [0.3, 0.4) is 0 Å². The van der Waals surface area contributed by atoms with Crippen molar-refractivity contribution in [3.05, 3.63) is 59.8 Å². The molecule has 0 radical (unpaired) electrons. The Morgan fingerprint density at radius 1 is 1.14 bits per heavy atom. The van der Waals surface area contributed by atoms with Gasteiger partial charge >= 0.3 is 6.18 Å². The Bertz CT molecular complexity index is 614. The Morgan fingerprint density at radius 2 is 1.81 bits per heavy atom. The van der Waals surface area contributed by atoms with Crippen LogP contribution in [0, 0.1) is 0 Å². The van der Waals surface area contributed by atoms with Gasteiger partial charge in [-0.05, 0) is 17.7 Å². The zero-order valence-corrected chi connectivity index (χ0v) is 11.5. The zero-order chi connectivity index (χ0) is 15.5. The first-order chi connectivity index (χ1) is 9.88. The van der Waals surface area contributed by atoms with Crippen LogP contribution in [-0.4, -0.2) is 10.9 Å². The van der Waals surface area contributed by atoms with Crippen molar-refractivity contribution in [2.75, 3.05) is 0 Å². The Morgan fingerprint density at radius 3 is 2.29 bits per heavy atom. The summed E-state index contributed by atoms with van der Waals surface area (Å²) in [6, 6.07) is 10.9. The summed E-state index contributed by atoms with van der Waals surface area (Å²) >= 11 is 1.02. The number of aromatic nitrogens is 1. The van der Waals surface area contributed by atoms with Crippen molar-refractivity contribution in [2.24, 2.45) is 5.73 Å². The van der Waals surface area contributed by atoms with Crippen LogP contribution < -0.4 is 5.73 Å². The van der Waals surface area contributed by atoms with E-state index < -0.39 is 22.9 Å². The van der Waals surface area contributed by atoms with Gasteiger partial charge in [-0.3, -0.25) is 4.79 Å². The molecule has 110 valence electrons. The lowest BCUT2D eigenvalue weighted by Gasteiger charge is -2.13. The molecule has 0 aliphatic heterocycles. The van der Waals surface area contributed by atoms with E-state index in [1.807, 2.05) is 0 Å². The topological polar surface area (TPSA) is 56.0 Å². The highest BCUT2D eigenvalue weighted by Crippen LogP contribution is 2.35. The van der Waals surface area contributed by atoms with Gasteiger partial charge in [0, 0.05) is 6.20 Å². The van der Waals surface area contributed by atoms with Crippen LogP contribution in [0.15, 0.2) is 53.7 Å². The number of rotatable bonds is 4. The van der Waals surface area contributed by atoms with Gasteiger partial charge in [0.15, 0.2) is 0 Å². The van der Waals surface area contributed by atoms with Crippen LogP contribution in [0.4, 0.5) is 13.2 Å². The van der Waals surface area contributed by atoms with Crippen molar-refractivity contribution in [1.29, 1.82) is 0 Å². The third kappa shape index (κ3) is 3.98. The van der Waals surface area contributed by atoms with E-state index in [1.165, 1.54) is 6.07 Å². The monoisotopic (exact) mass is 312 g/mol. The van der Waals surface area contributed by atoms with Crippen LogP contribution in [0.5, 0.6) is 0 Å². The maximum Gasteiger partial charge on any atom is 0.417 e. The fraction of sp³-hybridized carbons (Fsp3) is 0.143. The van der Waals surface area contributed by atoms with E-state index >= 15 is 0 Å². The number of nitrogens with two attached hydrogens (primary N) is 1. The Labute approximate surface area is 123 Å². The molecule has 21 heavy (non-hydrogen) atoms. The molecule has 3 nitrogen and oxygen atoms in total. The zero-order valence-electron chi connectivity index (χ0n) is 10.7. The summed E-state index contributed by atoms with van der Waals surface area (Å²) in [6.07, 6.45) is -3.69. The van der Waals surface area contributed by atoms with Crippen LogP contribution in [-0.2, 0) is 11.0 Å². The van der Waals surface area contributed by atoms with Gasteiger partial charge in [0.1, 0.15) is 5.25 Å². The molecular formula is C14H11F3N2OS. The van der Waals surface area contributed by atoms with Crippen molar-refractivity contribution < 1.29 is 18.0 Å². The van der Waals surface area contributed by atoms with Crippen molar-refractivity contribution in [2.45, 2.75) is 16.5 Å². The van der Waals surface area contributed by atoms with E-state index in [2.05, 4.69) is 4.98 Å². The van der Waals surface area contributed by atoms with E-state index in [0.29, 0.717) is 10.6 Å². The maximum absolute atomic E-state index is 12.5. The van der Waals surface area contributed by atoms with Crippen molar-refractivity contribution in [3.63, 3.8) is 0 Å². The number of amides is 1. The minimum absolute atomic E-state index is 0.302. The molecule has 0 saturated carbocycles. The molecule has 2 aromatic rings. The summed E-state index contributed by atoms with van der Waals surface area (Å²) in [7, 11) is 0. The molecule has 1 atom stereocenters. The van der Waals surface area contributed by atoms with Gasteiger partial charge in [0.2, 0.25) is 5.91 Å². The fourth-order valence-corrected chi connectivity index (χ4v) is 2.57. The van der Waals surface area contributed by atoms with Gasteiger partial charge < -0.3 is 5.73 Å². The number of nitrogens with zero attached hydrogens (tertiary/aromatic N) is 1. The van der Waals surface area contributed by atoms with Crippen LogP contribution in [0.1, 0.15) is 16.4 Å². The number of hydrogen-bond donors (Lipinski definition) is 1. The predicted molar refractivity (Wildman–Crippen MR) is 73.5 cm³/mol. The second-order valence-electron chi connectivity index (χ2n) is 4.19. The van der Waals surface area contributed by atoms with E-state index in [4.69, 9.17) is 5.73 Å². The van der Waals surface area contributed by atoms with E-state index in [-0.39, 0.29) is 0 Å². The first-order valence-electron chi connectivity index (χ1n) is 5.92. The number of halogens is 3. The summed E-state index contributed by atoms with van der Waals surface area (Å²) in [4.78, 5) is 15.3. The number of alkyl halides is 3. The number of thioether (sulfide) groups is 1. The predicted octanol–water partition coefficient (Wildman–Crippen LogP) is 3.42. The number of carbonyl (C=O) groups excluding carboxylic acids is 1. The summed E-state index contributed by atoms with van der Waals surface area (Å²) in [5.74, 6) is -0.576. The molecule has 0 aliphatic rings. The largest absolute Gasteiger partial charge is 0.417 e. The van der Waals surface area contributed by atoms with Gasteiger partial charge in [-0.15, -0.1) is 0 Å². The van der Waals surface area contributed by atoms with E-state index in [0.717, 1.165) is 24.0 Å². The number of carbonyl (C=O) groups is 1. The third-order valence-corrected chi connectivity index (χ3v) is 3.89. The van der Waals surface area contributed by atoms with Gasteiger partial charge in [-0.2, -0.15) is 13.2 Å². The molecule has 2 rings (SSSR count). The molecular weight excluding hydrogens is 301 g/mol.